The zero-order valence-electron chi connectivity index (χ0n) is 10.6. The van der Waals surface area contributed by atoms with E-state index in [0.717, 1.165) is 38.5 Å². The fourth-order valence-electron chi connectivity index (χ4n) is 2.55. The van der Waals surface area contributed by atoms with Crippen LogP contribution >= 0.6 is 0 Å². The maximum absolute atomic E-state index is 9.91. The number of ether oxygens (including phenoxy) is 1. The minimum absolute atomic E-state index is 0.108. The van der Waals surface area contributed by atoms with Gasteiger partial charge in [0.1, 0.15) is 0 Å². The lowest BCUT2D eigenvalue weighted by Gasteiger charge is -2.31. The van der Waals surface area contributed by atoms with E-state index in [-0.39, 0.29) is 6.10 Å². The van der Waals surface area contributed by atoms with Crippen molar-refractivity contribution >= 4 is 0 Å². The second-order valence-electron chi connectivity index (χ2n) is 5.07. The third kappa shape index (κ3) is 4.81. The molecule has 3 nitrogen and oxygen atoms in total. The molecule has 0 aromatic rings. The summed E-state index contributed by atoms with van der Waals surface area (Å²) >= 11 is 0. The van der Waals surface area contributed by atoms with Crippen molar-refractivity contribution in [1.82, 2.24) is 0 Å². The lowest BCUT2D eigenvalue weighted by atomic mass is 9.79. The van der Waals surface area contributed by atoms with Gasteiger partial charge in [0.05, 0.1) is 12.7 Å². The SMILES string of the molecule is CCCC(O)C1CCC(COC(C)O)CC1. The van der Waals surface area contributed by atoms with E-state index in [9.17, 15) is 5.11 Å². The Morgan fingerprint density at radius 2 is 1.81 bits per heavy atom. The second kappa shape index (κ2) is 7.25. The molecule has 2 unspecified atom stereocenters. The summed E-state index contributed by atoms with van der Waals surface area (Å²) in [7, 11) is 0. The van der Waals surface area contributed by atoms with Crippen LogP contribution < -0.4 is 0 Å². The van der Waals surface area contributed by atoms with Gasteiger partial charge in [0.15, 0.2) is 6.29 Å². The monoisotopic (exact) mass is 230 g/mol. The Kier molecular flexibility index (Phi) is 6.32. The summed E-state index contributed by atoms with van der Waals surface area (Å²) in [5.41, 5.74) is 0. The fourth-order valence-corrected chi connectivity index (χ4v) is 2.55. The smallest absolute Gasteiger partial charge is 0.151 e. The van der Waals surface area contributed by atoms with Crippen LogP contribution in [0.5, 0.6) is 0 Å². The summed E-state index contributed by atoms with van der Waals surface area (Å²) in [4.78, 5) is 0. The summed E-state index contributed by atoms with van der Waals surface area (Å²) in [6.45, 7) is 4.43. The molecular weight excluding hydrogens is 204 g/mol. The predicted molar refractivity (Wildman–Crippen MR) is 64.0 cm³/mol. The van der Waals surface area contributed by atoms with Crippen molar-refractivity contribution in [1.29, 1.82) is 0 Å². The van der Waals surface area contributed by atoms with E-state index in [0.29, 0.717) is 18.4 Å². The largest absolute Gasteiger partial charge is 0.393 e. The number of aliphatic hydroxyl groups is 2. The fraction of sp³-hybridized carbons (Fsp3) is 1.00. The van der Waals surface area contributed by atoms with Crippen molar-refractivity contribution in [3.63, 3.8) is 0 Å². The van der Waals surface area contributed by atoms with Crippen LogP contribution in [0.2, 0.25) is 0 Å². The van der Waals surface area contributed by atoms with Crippen LogP contribution in [0.3, 0.4) is 0 Å². The summed E-state index contributed by atoms with van der Waals surface area (Å²) in [5.74, 6) is 1.06. The first-order chi connectivity index (χ1) is 7.63. The van der Waals surface area contributed by atoms with Crippen LogP contribution in [0.4, 0.5) is 0 Å². The van der Waals surface area contributed by atoms with Crippen LogP contribution in [0, 0.1) is 11.8 Å². The van der Waals surface area contributed by atoms with Gasteiger partial charge in [0, 0.05) is 0 Å². The van der Waals surface area contributed by atoms with Crippen LogP contribution in [0.25, 0.3) is 0 Å². The first kappa shape index (κ1) is 13.9. The molecule has 2 N–H and O–H groups in total. The highest BCUT2D eigenvalue weighted by Crippen LogP contribution is 2.32. The maximum atomic E-state index is 9.91. The van der Waals surface area contributed by atoms with Crippen LogP contribution in [0.1, 0.15) is 52.4 Å². The summed E-state index contributed by atoms with van der Waals surface area (Å²) in [6, 6.07) is 0. The van der Waals surface area contributed by atoms with Crippen molar-refractivity contribution in [2.24, 2.45) is 11.8 Å². The molecule has 2 atom stereocenters. The zero-order valence-corrected chi connectivity index (χ0v) is 10.6. The summed E-state index contributed by atoms with van der Waals surface area (Å²) in [6.07, 6.45) is 5.69. The van der Waals surface area contributed by atoms with Crippen molar-refractivity contribution in [3.05, 3.63) is 0 Å². The van der Waals surface area contributed by atoms with Gasteiger partial charge in [-0.3, -0.25) is 0 Å². The van der Waals surface area contributed by atoms with Gasteiger partial charge in [-0.25, -0.2) is 0 Å². The van der Waals surface area contributed by atoms with Crippen molar-refractivity contribution in [3.8, 4) is 0 Å². The molecule has 3 heteroatoms. The van der Waals surface area contributed by atoms with Gasteiger partial charge in [-0.1, -0.05) is 13.3 Å². The molecule has 1 aliphatic rings. The number of aliphatic hydroxyl groups excluding tert-OH is 2. The van der Waals surface area contributed by atoms with Gasteiger partial charge >= 0.3 is 0 Å². The number of rotatable bonds is 6. The van der Waals surface area contributed by atoms with Gasteiger partial charge in [0.25, 0.3) is 0 Å². The van der Waals surface area contributed by atoms with Gasteiger partial charge in [-0.05, 0) is 50.9 Å². The van der Waals surface area contributed by atoms with E-state index in [1.807, 2.05) is 0 Å². The summed E-state index contributed by atoms with van der Waals surface area (Å²) in [5, 5.41) is 18.9. The van der Waals surface area contributed by atoms with Crippen molar-refractivity contribution < 1.29 is 14.9 Å². The highest BCUT2D eigenvalue weighted by Gasteiger charge is 2.26. The normalized spacial score (nSPS) is 30.0. The lowest BCUT2D eigenvalue weighted by Crippen LogP contribution is -2.27. The van der Waals surface area contributed by atoms with E-state index in [1.54, 1.807) is 6.92 Å². The first-order valence-corrected chi connectivity index (χ1v) is 6.61. The molecule has 0 heterocycles. The molecule has 1 fully saturated rings. The Bertz CT molecular complexity index is 174. The van der Waals surface area contributed by atoms with E-state index in [1.165, 1.54) is 0 Å². The van der Waals surface area contributed by atoms with E-state index in [2.05, 4.69) is 6.92 Å². The van der Waals surface area contributed by atoms with Crippen LogP contribution in [0.15, 0.2) is 0 Å². The molecule has 0 saturated heterocycles. The third-order valence-electron chi connectivity index (χ3n) is 3.59. The van der Waals surface area contributed by atoms with Crippen molar-refractivity contribution in [2.45, 2.75) is 64.8 Å². The molecule has 0 bridgehead atoms. The number of hydrogen-bond acceptors (Lipinski definition) is 3. The number of hydrogen-bond donors (Lipinski definition) is 2. The Hall–Kier alpha value is -0.120. The lowest BCUT2D eigenvalue weighted by molar-refractivity contribution is -0.101. The Morgan fingerprint density at radius 3 is 2.31 bits per heavy atom. The molecule has 0 amide bonds. The first-order valence-electron chi connectivity index (χ1n) is 6.61. The summed E-state index contributed by atoms with van der Waals surface area (Å²) < 4.78 is 5.22. The van der Waals surface area contributed by atoms with Gasteiger partial charge in [0.2, 0.25) is 0 Å². The second-order valence-corrected chi connectivity index (χ2v) is 5.07. The molecule has 1 saturated carbocycles. The van der Waals surface area contributed by atoms with E-state index in [4.69, 9.17) is 9.84 Å². The maximum Gasteiger partial charge on any atom is 0.151 e. The topological polar surface area (TPSA) is 49.7 Å². The molecular formula is C13H26O3. The van der Waals surface area contributed by atoms with E-state index >= 15 is 0 Å². The van der Waals surface area contributed by atoms with E-state index < -0.39 is 6.29 Å². The van der Waals surface area contributed by atoms with Crippen LogP contribution in [-0.2, 0) is 4.74 Å². The molecule has 1 aliphatic carbocycles. The van der Waals surface area contributed by atoms with Gasteiger partial charge in [-0.2, -0.15) is 0 Å². The van der Waals surface area contributed by atoms with Crippen molar-refractivity contribution in [2.75, 3.05) is 6.61 Å². The minimum Gasteiger partial charge on any atom is -0.393 e. The zero-order chi connectivity index (χ0) is 12.0. The predicted octanol–water partition coefficient (Wildman–Crippen LogP) is 2.31. The average molecular weight is 230 g/mol. The molecule has 1 rings (SSSR count). The molecule has 0 aromatic heterocycles. The third-order valence-corrected chi connectivity index (χ3v) is 3.59. The average Bonchev–Trinajstić information content (AvgIpc) is 2.27. The quantitative estimate of drug-likeness (QED) is 0.688. The molecule has 0 aliphatic heterocycles. The Labute approximate surface area is 98.8 Å². The van der Waals surface area contributed by atoms with Crippen LogP contribution in [-0.4, -0.2) is 29.2 Å². The molecule has 0 aromatic carbocycles. The highest BCUT2D eigenvalue weighted by atomic mass is 16.6. The van der Waals surface area contributed by atoms with Gasteiger partial charge in [-0.15, -0.1) is 0 Å². The van der Waals surface area contributed by atoms with Gasteiger partial charge < -0.3 is 14.9 Å². The Morgan fingerprint density at radius 1 is 1.19 bits per heavy atom. The minimum atomic E-state index is -0.650. The standard InChI is InChI=1S/C13H26O3/c1-3-4-13(15)12-7-5-11(6-8-12)9-16-10(2)14/h10-15H,3-9H2,1-2H3. The molecule has 16 heavy (non-hydrogen) atoms. The highest BCUT2D eigenvalue weighted by molar-refractivity contribution is 4.77. The molecule has 0 radical (unpaired) electrons. The molecule has 96 valence electrons. The Balaban J connectivity index is 2.18. The molecule has 0 spiro atoms.